The van der Waals surface area contributed by atoms with Gasteiger partial charge in [0.1, 0.15) is 11.6 Å². The Morgan fingerprint density at radius 2 is 1.91 bits per heavy atom. The molecule has 0 spiro atoms. The summed E-state index contributed by atoms with van der Waals surface area (Å²) in [5.74, 6) is 1.45. The molecule has 0 N–H and O–H groups in total. The van der Waals surface area contributed by atoms with Gasteiger partial charge in [0.05, 0.1) is 11.7 Å². The third-order valence-corrected chi connectivity index (χ3v) is 6.87. The average molecular weight is 455 g/mol. The molecule has 2 amide bonds. The fraction of sp³-hybridized carbons (Fsp3) is 0.409. The van der Waals surface area contributed by atoms with E-state index in [0.717, 1.165) is 18.5 Å². The van der Waals surface area contributed by atoms with Crippen molar-refractivity contribution in [2.45, 2.75) is 45.7 Å². The number of halogens is 1. The summed E-state index contributed by atoms with van der Waals surface area (Å²) in [6.45, 7) is 5.38. The molecule has 1 aromatic carbocycles. The quantitative estimate of drug-likeness (QED) is 0.604. The molecule has 10 heteroatoms. The highest BCUT2D eigenvalue weighted by atomic mass is 32.1. The van der Waals surface area contributed by atoms with Crippen LogP contribution in [0.3, 0.4) is 0 Å². The number of piperidine rings is 1. The third-order valence-electron chi connectivity index (χ3n) is 6.07. The maximum absolute atomic E-state index is 13.3. The number of aryl methyl sites for hydroxylation is 1. The lowest BCUT2D eigenvalue weighted by molar-refractivity contribution is -0.119. The molecule has 2 aromatic heterocycles. The second-order valence-electron chi connectivity index (χ2n) is 8.13. The first kappa shape index (κ1) is 20.7. The third kappa shape index (κ3) is 3.48. The second-order valence-corrected chi connectivity index (χ2v) is 8.88. The molecule has 8 nitrogen and oxygen atoms in total. The van der Waals surface area contributed by atoms with Gasteiger partial charge in [0.2, 0.25) is 5.91 Å². The minimum Gasteiger partial charge on any atom is -0.328 e. The van der Waals surface area contributed by atoms with Gasteiger partial charge in [-0.15, -0.1) is 0 Å². The van der Waals surface area contributed by atoms with Crippen molar-refractivity contribution in [1.29, 1.82) is 0 Å². The highest BCUT2D eigenvalue weighted by Gasteiger charge is 2.37. The lowest BCUT2D eigenvalue weighted by atomic mass is 10.1. The summed E-state index contributed by atoms with van der Waals surface area (Å²) >= 11 is 1.28. The lowest BCUT2D eigenvalue weighted by Crippen LogP contribution is -2.43. The number of hydrogen-bond donors (Lipinski definition) is 0. The van der Waals surface area contributed by atoms with Crippen LogP contribution in [0.15, 0.2) is 24.3 Å². The first-order chi connectivity index (χ1) is 15.4. The smallest absolute Gasteiger partial charge is 0.254 e. The fourth-order valence-electron chi connectivity index (χ4n) is 4.46. The van der Waals surface area contributed by atoms with Gasteiger partial charge >= 0.3 is 0 Å². The zero-order valence-electron chi connectivity index (χ0n) is 17.9. The van der Waals surface area contributed by atoms with Crippen LogP contribution >= 0.6 is 11.5 Å². The normalized spacial score (nSPS) is 18.7. The number of aromatic nitrogens is 4. The molecule has 32 heavy (non-hydrogen) atoms. The van der Waals surface area contributed by atoms with Gasteiger partial charge in [-0.25, -0.2) is 14.4 Å². The summed E-state index contributed by atoms with van der Waals surface area (Å²) in [6, 6.07) is 5.27. The van der Waals surface area contributed by atoms with Gasteiger partial charge in [0.25, 0.3) is 5.91 Å². The second kappa shape index (κ2) is 8.09. The molecule has 1 atom stereocenters. The van der Waals surface area contributed by atoms with Crippen LogP contribution < -0.4 is 4.90 Å². The first-order valence-corrected chi connectivity index (χ1v) is 11.5. The van der Waals surface area contributed by atoms with Crippen molar-refractivity contribution in [1.82, 2.24) is 23.8 Å². The Bertz CT molecular complexity index is 1190. The first-order valence-electron chi connectivity index (χ1n) is 10.7. The van der Waals surface area contributed by atoms with E-state index in [4.69, 9.17) is 4.98 Å². The Labute approximate surface area is 188 Å². The molecule has 0 saturated carbocycles. The van der Waals surface area contributed by atoms with Crippen molar-refractivity contribution >= 4 is 29.2 Å². The molecule has 166 valence electrons. The largest absolute Gasteiger partial charge is 0.328 e. The van der Waals surface area contributed by atoms with Gasteiger partial charge < -0.3 is 9.47 Å². The zero-order valence-corrected chi connectivity index (χ0v) is 18.7. The van der Waals surface area contributed by atoms with Crippen molar-refractivity contribution in [3.8, 4) is 10.8 Å². The molecule has 2 aliphatic heterocycles. The van der Waals surface area contributed by atoms with Crippen molar-refractivity contribution in [3.63, 3.8) is 0 Å². The van der Waals surface area contributed by atoms with E-state index in [9.17, 15) is 14.0 Å². The van der Waals surface area contributed by atoms with E-state index in [2.05, 4.69) is 13.9 Å². The summed E-state index contributed by atoms with van der Waals surface area (Å²) in [6.07, 6.45) is 2.28. The van der Waals surface area contributed by atoms with E-state index in [1.165, 1.54) is 35.8 Å². The number of rotatable bonds is 3. The Hall–Kier alpha value is -3.14. The van der Waals surface area contributed by atoms with Crippen LogP contribution in [0, 0.1) is 12.7 Å². The molecule has 1 fully saturated rings. The number of anilines is 1. The predicted molar refractivity (Wildman–Crippen MR) is 118 cm³/mol. The van der Waals surface area contributed by atoms with Gasteiger partial charge in [0.15, 0.2) is 16.6 Å². The number of imidazole rings is 1. The zero-order chi connectivity index (χ0) is 22.4. The van der Waals surface area contributed by atoms with Crippen LogP contribution in [0.4, 0.5) is 10.2 Å². The number of amides is 2. The van der Waals surface area contributed by atoms with Gasteiger partial charge in [-0.1, -0.05) is 0 Å². The summed E-state index contributed by atoms with van der Waals surface area (Å²) in [5, 5.41) is 0.699. The summed E-state index contributed by atoms with van der Waals surface area (Å²) in [5.41, 5.74) is 1.26. The van der Waals surface area contributed by atoms with E-state index < -0.39 is 0 Å². The Morgan fingerprint density at radius 3 is 2.59 bits per heavy atom. The topological polar surface area (TPSA) is 84.2 Å². The Balaban J connectivity index is 1.58. The summed E-state index contributed by atoms with van der Waals surface area (Å²) in [7, 11) is 0. The molecule has 0 unspecified atom stereocenters. The number of carbonyl (C=O) groups is 2. The van der Waals surface area contributed by atoms with Crippen molar-refractivity contribution in [2.24, 2.45) is 0 Å². The van der Waals surface area contributed by atoms with Gasteiger partial charge in [0, 0.05) is 31.6 Å². The number of hydrogen-bond acceptors (Lipinski definition) is 6. The molecule has 3 aromatic rings. The molecular weight excluding hydrogens is 431 g/mol. The molecular formula is C22H23FN6O2S. The maximum atomic E-state index is 13.3. The van der Waals surface area contributed by atoms with Crippen LogP contribution in [0.1, 0.15) is 54.1 Å². The van der Waals surface area contributed by atoms with Gasteiger partial charge in [-0.05, 0) is 62.5 Å². The van der Waals surface area contributed by atoms with Crippen LogP contribution in [0.5, 0.6) is 0 Å². The van der Waals surface area contributed by atoms with Crippen molar-refractivity contribution in [3.05, 3.63) is 47.2 Å². The van der Waals surface area contributed by atoms with Crippen molar-refractivity contribution in [2.75, 3.05) is 18.0 Å². The van der Waals surface area contributed by atoms with E-state index in [0.29, 0.717) is 54.1 Å². The van der Waals surface area contributed by atoms with E-state index in [1.807, 2.05) is 13.8 Å². The Kier molecular flexibility index (Phi) is 5.24. The SMILES string of the molecule is Cc1nsc(-c2nc(N3CCCCC3=O)c3n2CCN(C(=O)c2ccc(F)cc2)[C@@H]3C)n1. The standard InChI is InChI=1S/C22H23FN6O2S/c1-13-18-19(28-10-4-3-5-17(28)30)25-20(21-24-14(2)26-32-21)29(18)12-11-27(13)22(31)15-6-8-16(23)9-7-15/h6-9,13H,3-5,10-12H2,1-2H3/t13-/m1/s1. The molecule has 2 aliphatic rings. The fourth-order valence-corrected chi connectivity index (χ4v) is 5.13. The average Bonchev–Trinajstić information content (AvgIpc) is 3.38. The molecule has 0 aliphatic carbocycles. The minimum absolute atomic E-state index is 0.0475. The van der Waals surface area contributed by atoms with Crippen LogP contribution in [-0.2, 0) is 11.3 Å². The number of carbonyl (C=O) groups excluding carboxylic acids is 2. The van der Waals surface area contributed by atoms with Crippen molar-refractivity contribution < 1.29 is 14.0 Å². The van der Waals surface area contributed by atoms with E-state index in [-0.39, 0.29) is 23.7 Å². The molecule has 0 radical (unpaired) electrons. The highest BCUT2D eigenvalue weighted by Crippen LogP contribution is 2.39. The highest BCUT2D eigenvalue weighted by molar-refractivity contribution is 7.09. The van der Waals surface area contributed by atoms with Crippen LogP contribution in [-0.4, -0.2) is 48.7 Å². The molecule has 4 heterocycles. The van der Waals surface area contributed by atoms with Gasteiger partial charge in [-0.3, -0.25) is 14.5 Å². The van der Waals surface area contributed by atoms with Crippen LogP contribution in [0.2, 0.25) is 0 Å². The lowest BCUT2D eigenvalue weighted by Gasteiger charge is -2.37. The number of nitrogens with zero attached hydrogens (tertiary/aromatic N) is 6. The summed E-state index contributed by atoms with van der Waals surface area (Å²) in [4.78, 5) is 38.9. The molecule has 0 bridgehead atoms. The van der Waals surface area contributed by atoms with E-state index in [1.54, 1.807) is 9.80 Å². The van der Waals surface area contributed by atoms with E-state index >= 15 is 0 Å². The predicted octanol–water partition coefficient (Wildman–Crippen LogP) is 3.58. The summed E-state index contributed by atoms with van der Waals surface area (Å²) < 4.78 is 19.7. The maximum Gasteiger partial charge on any atom is 0.254 e. The Morgan fingerprint density at radius 1 is 1.12 bits per heavy atom. The molecule has 5 rings (SSSR count). The minimum atomic E-state index is -0.380. The molecule has 1 saturated heterocycles. The number of fused-ring (bicyclic) bond motifs is 1. The number of benzene rings is 1. The monoisotopic (exact) mass is 454 g/mol. The van der Waals surface area contributed by atoms with Gasteiger partial charge in [-0.2, -0.15) is 4.37 Å². The van der Waals surface area contributed by atoms with Crippen LogP contribution in [0.25, 0.3) is 10.8 Å².